The number of ether oxygens (including phenoxy) is 2. The maximum atomic E-state index is 13.7. The SMILES string of the molecule is COC(=O)N[C@H](C(=O)N1CCC[C@H]1C1=Nc2ccc([C@H]3C[C@@H]3c3ccc(-c4cnc([C@@H]5CCCN5C(=O)[C@@H](C)C(C)C)n4COCC[Si](C)(C)C)cc3)cc2C1)C(C)C. The second-order valence-corrected chi connectivity index (χ2v) is 24.9. The number of imidazole rings is 1. The number of aromatic nitrogens is 2. The molecule has 318 valence electrons. The van der Waals surface area contributed by atoms with Gasteiger partial charge in [-0.05, 0) is 90.1 Å². The predicted molar refractivity (Wildman–Crippen MR) is 236 cm³/mol. The lowest BCUT2D eigenvalue weighted by Gasteiger charge is -2.30. The summed E-state index contributed by atoms with van der Waals surface area (Å²) in [5.41, 5.74) is 8.07. The van der Waals surface area contributed by atoms with Gasteiger partial charge in [0.2, 0.25) is 11.8 Å². The fourth-order valence-corrected chi connectivity index (χ4v) is 9.91. The van der Waals surface area contributed by atoms with E-state index >= 15 is 0 Å². The average molecular weight is 823 g/mol. The zero-order valence-electron chi connectivity index (χ0n) is 36.8. The number of aliphatic imine (C=N–C) groups is 1. The topological polar surface area (TPSA) is 118 Å². The van der Waals surface area contributed by atoms with Crippen LogP contribution in [-0.2, 0) is 32.2 Å². The first-order chi connectivity index (χ1) is 28.1. The maximum Gasteiger partial charge on any atom is 0.407 e. The molecule has 3 aromatic rings. The molecule has 3 amide bonds. The van der Waals surface area contributed by atoms with Crippen molar-refractivity contribution < 1.29 is 23.9 Å². The van der Waals surface area contributed by atoms with E-state index in [1.165, 1.54) is 23.8 Å². The van der Waals surface area contributed by atoms with Crippen molar-refractivity contribution in [3.63, 3.8) is 0 Å². The Morgan fingerprint density at radius 3 is 2.19 bits per heavy atom. The fraction of sp³-hybridized carbons (Fsp3) is 0.596. The lowest BCUT2D eigenvalue weighted by molar-refractivity contribution is -0.137. The number of amides is 3. The molecule has 0 radical (unpaired) electrons. The van der Waals surface area contributed by atoms with Gasteiger partial charge in [0.1, 0.15) is 18.6 Å². The third-order valence-electron chi connectivity index (χ3n) is 13.2. The first kappa shape index (κ1) is 42.8. The van der Waals surface area contributed by atoms with Gasteiger partial charge in [-0.2, -0.15) is 0 Å². The highest BCUT2D eigenvalue weighted by Gasteiger charge is 2.42. The minimum absolute atomic E-state index is 0.0325. The lowest BCUT2D eigenvalue weighted by Crippen LogP contribution is -2.53. The number of carbonyl (C=O) groups is 3. The molecule has 59 heavy (non-hydrogen) atoms. The molecule has 1 aliphatic carbocycles. The van der Waals surface area contributed by atoms with Crippen molar-refractivity contribution in [2.24, 2.45) is 22.7 Å². The smallest absolute Gasteiger partial charge is 0.407 e. The minimum atomic E-state index is -1.25. The quantitative estimate of drug-likeness (QED) is 0.121. The molecule has 0 spiro atoms. The number of hydrogen-bond donors (Lipinski definition) is 1. The third-order valence-corrected chi connectivity index (χ3v) is 14.9. The number of rotatable bonds is 15. The van der Waals surface area contributed by atoms with Crippen LogP contribution < -0.4 is 5.32 Å². The van der Waals surface area contributed by atoms with Crippen LogP contribution in [0.15, 0.2) is 53.7 Å². The van der Waals surface area contributed by atoms with E-state index in [1.54, 1.807) is 0 Å². The Labute approximate surface area is 352 Å². The van der Waals surface area contributed by atoms with E-state index in [0.29, 0.717) is 25.1 Å². The summed E-state index contributed by atoms with van der Waals surface area (Å²) >= 11 is 0. The Morgan fingerprint density at radius 2 is 1.53 bits per heavy atom. The number of methoxy groups -OCH3 is 1. The van der Waals surface area contributed by atoms with E-state index in [9.17, 15) is 14.4 Å². The van der Waals surface area contributed by atoms with Crippen LogP contribution in [0.25, 0.3) is 11.3 Å². The van der Waals surface area contributed by atoms with Crippen LogP contribution in [0.1, 0.15) is 107 Å². The Balaban J connectivity index is 1.03. The molecule has 1 N–H and O–H groups in total. The number of likely N-dealkylation sites (tertiary alicyclic amines) is 2. The second kappa shape index (κ2) is 17.7. The van der Waals surface area contributed by atoms with Gasteiger partial charge >= 0.3 is 6.09 Å². The molecule has 2 saturated heterocycles. The lowest BCUT2D eigenvalue weighted by atomic mass is 9.96. The summed E-state index contributed by atoms with van der Waals surface area (Å²) < 4.78 is 13.4. The number of nitrogens with zero attached hydrogens (tertiary/aromatic N) is 5. The summed E-state index contributed by atoms with van der Waals surface area (Å²) in [5.74, 6) is 2.16. The summed E-state index contributed by atoms with van der Waals surface area (Å²) in [5, 5.41) is 2.75. The van der Waals surface area contributed by atoms with Crippen molar-refractivity contribution in [3.8, 4) is 11.3 Å². The van der Waals surface area contributed by atoms with Crippen molar-refractivity contribution in [2.45, 2.75) is 136 Å². The van der Waals surface area contributed by atoms with Crippen LogP contribution >= 0.6 is 0 Å². The zero-order valence-corrected chi connectivity index (χ0v) is 37.8. The first-order valence-electron chi connectivity index (χ1n) is 22.0. The molecule has 4 heterocycles. The van der Waals surface area contributed by atoms with Crippen LogP contribution in [0, 0.1) is 17.8 Å². The van der Waals surface area contributed by atoms with Gasteiger partial charge in [0.05, 0.1) is 36.8 Å². The summed E-state index contributed by atoms with van der Waals surface area (Å²) in [6, 6.07) is 16.1. The molecule has 7 rings (SSSR count). The van der Waals surface area contributed by atoms with Crippen LogP contribution in [0.5, 0.6) is 0 Å². The number of alkyl carbamates (subject to hydrolysis) is 1. The number of carbonyl (C=O) groups excluding carboxylic acids is 3. The normalized spacial score (nSPS) is 22.5. The first-order valence-corrected chi connectivity index (χ1v) is 25.7. The van der Waals surface area contributed by atoms with Gasteiger partial charge in [-0.15, -0.1) is 0 Å². The van der Waals surface area contributed by atoms with Gasteiger partial charge in [-0.1, -0.05) is 90.7 Å². The molecular weight excluding hydrogens is 757 g/mol. The monoisotopic (exact) mass is 822 g/mol. The summed E-state index contributed by atoms with van der Waals surface area (Å²) in [4.78, 5) is 53.4. The molecular formula is C47H66N6O5Si. The van der Waals surface area contributed by atoms with E-state index < -0.39 is 20.2 Å². The Hall–Kier alpha value is -4.29. The summed E-state index contributed by atoms with van der Waals surface area (Å²) in [6.07, 6.45) is 6.90. The van der Waals surface area contributed by atoms with Crippen LogP contribution in [0.3, 0.4) is 0 Å². The van der Waals surface area contributed by atoms with E-state index in [1.807, 2.05) is 31.9 Å². The molecule has 3 aliphatic heterocycles. The van der Waals surface area contributed by atoms with E-state index in [4.69, 9.17) is 19.5 Å². The molecule has 11 nitrogen and oxygen atoms in total. The van der Waals surface area contributed by atoms with Crippen molar-refractivity contribution in [1.82, 2.24) is 24.7 Å². The average Bonchev–Trinajstić information content (AvgIpc) is 3.66. The number of nitrogens with one attached hydrogen (secondary N) is 1. The summed E-state index contributed by atoms with van der Waals surface area (Å²) in [6.45, 7) is 19.9. The number of hydrogen-bond acceptors (Lipinski definition) is 7. The van der Waals surface area contributed by atoms with E-state index in [0.717, 1.165) is 86.2 Å². The Kier molecular flexibility index (Phi) is 12.9. The zero-order chi connectivity index (χ0) is 42.2. The Morgan fingerprint density at radius 1 is 0.864 bits per heavy atom. The molecule has 0 unspecified atom stereocenters. The fourth-order valence-electron chi connectivity index (χ4n) is 9.16. The van der Waals surface area contributed by atoms with Gasteiger partial charge in [0.15, 0.2) is 0 Å². The van der Waals surface area contributed by atoms with Crippen LogP contribution in [-0.4, -0.2) is 89.9 Å². The standard InChI is InChI=1S/C47H66N6O5Si/c1-29(2)31(5)45(54)52-21-11-13-41(52)44-48-27-42(53(44)28-58-22-23-59(7,8)9)33-16-14-32(15-17-33)36-26-37(36)34-18-19-38-35(24-34)25-39(49-38)40-12-10-20-51(40)46(55)43(30(3)4)50-47(56)57-6/h14-19,24,27,29-31,36-37,40-41,43H,10-13,20-23,25-26,28H2,1-9H3,(H,50,56)/t31-,36+,37+,40-,41-,43-/m0/s1. The van der Waals surface area contributed by atoms with Crippen molar-refractivity contribution in [2.75, 3.05) is 26.8 Å². The number of fused-ring (bicyclic) bond motifs is 1. The van der Waals surface area contributed by atoms with Crippen molar-refractivity contribution in [3.05, 3.63) is 71.2 Å². The minimum Gasteiger partial charge on any atom is -0.453 e. The van der Waals surface area contributed by atoms with E-state index in [2.05, 4.69) is 90.7 Å². The molecule has 0 bridgehead atoms. The van der Waals surface area contributed by atoms with Gasteiger partial charge < -0.3 is 29.2 Å². The third kappa shape index (κ3) is 9.38. The van der Waals surface area contributed by atoms with Crippen molar-refractivity contribution >= 4 is 37.4 Å². The molecule has 1 aromatic heterocycles. The van der Waals surface area contributed by atoms with Gasteiger partial charge in [-0.3, -0.25) is 14.6 Å². The van der Waals surface area contributed by atoms with Gasteiger partial charge in [-0.25, -0.2) is 9.78 Å². The molecule has 3 fully saturated rings. The predicted octanol–water partition coefficient (Wildman–Crippen LogP) is 9.09. The second-order valence-electron chi connectivity index (χ2n) is 19.3. The molecule has 12 heteroatoms. The molecule has 6 atom stereocenters. The van der Waals surface area contributed by atoms with Gasteiger partial charge in [0, 0.05) is 45.8 Å². The highest BCUT2D eigenvalue weighted by Crippen LogP contribution is 2.55. The summed E-state index contributed by atoms with van der Waals surface area (Å²) in [7, 11) is 0.0640. The highest BCUT2D eigenvalue weighted by molar-refractivity contribution is 6.76. The highest BCUT2D eigenvalue weighted by atomic mass is 28.3. The molecule has 1 saturated carbocycles. The molecule has 2 aromatic carbocycles. The Bertz CT molecular complexity index is 2040. The van der Waals surface area contributed by atoms with Crippen molar-refractivity contribution in [1.29, 1.82) is 0 Å². The van der Waals surface area contributed by atoms with Crippen LogP contribution in [0.2, 0.25) is 25.7 Å². The van der Waals surface area contributed by atoms with E-state index in [-0.39, 0.29) is 41.7 Å². The molecule has 4 aliphatic rings. The number of benzene rings is 2. The van der Waals surface area contributed by atoms with Crippen LogP contribution in [0.4, 0.5) is 10.5 Å². The largest absolute Gasteiger partial charge is 0.453 e. The van der Waals surface area contributed by atoms with Gasteiger partial charge in [0.25, 0.3) is 0 Å². The maximum absolute atomic E-state index is 13.7.